The van der Waals surface area contributed by atoms with Crippen molar-refractivity contribution in [1.82, 2.24) is 0 Å². The van der Waals surface area contributed by atoms with E-state index in [1.807, 2.05) is 6.92 Å². The topological polar surface area (TPSA) is 95.9 Å². The second kappa shape index (κ2) is 6.61. The van der Waals surface area contributed by atoms with Gasteiger partial charge in [-0.1, -0.05) is 0 Å². The minimum Gasteiger partial charge on any atom is -0.508 e. The zero-order chi connectivity index (χ0) is 13.5. The van der Waals surface area contributed by atoms with Crippen LogP contribution in [0.5, 0.6) is 5.75 Å². The van der Waals surface area contributed by atoms with Crippen molar-refractivity contribution in [3.8, 4) is 5.75 Å². The van der Waals surface area contributed by atoms with E-state index in [2.05, 4.69) is 5.32 Å². The standard InChI is InChI=1S/C12H15NO5/c1-2-18-6-5-11(15)13-10-4-3-8(14)7-9(10)12(16)17/h3-4,7,14H,2,5-6H2,1H3,(H,13,15)(H,16,17). The Morgan fingerprint density at radius 2 is 2.11 bits per heavy atom. The van der Waals surface area contributed by atoms with Crippen LogP contribution < -0.4 is 5.32 Å². The molecule has 0 aliphatic rings. The molecule has 1 aromatic rings. The number of anilines is 1. The van der Waals surface area contributed by atoms with Crippen LogP contribution in [0.3, 0.4) is 0 Å². The summed E-state index contributed by atoms with van der Waals surface area (Å²) in [5, 5.41) is 20.6. The first-order chi connectivity index (χ1) is 8.54. The molecule has 6 heteroatoms. The Kier molecular flexibility index (Phi) is 5.13. The number of benzene rings is 1. The fraction of sp³-hybridized carbons (Fsp3) is 0.333. The van der Waals surface area contributed by atoms with E-state index in [1.165, 1.54) is 12.1 Å². The SMILES string of the molecule is CCOCCC(=O)Nc1ccc(O)cc1C(=O)O. The summed E-state index contributed by atoms with van der Waals surface area (Å²) in [6.45, 7) is 2.62. The van der Waals surface area contributed by atoms with E-state index in [0.717, 1.165) is 6.07 Å². The second-order valence-electron chi connectivity index (χ2n) is 3.53. The van der Waals surface area contributed by atoms with Crippen LogP contribution in [0.25, 0.3) is 0 Å². The maximum absolute atomic E-state index is 11.5. The number of nitrogens with one attached hydrogen (secondary N) is 1. The Labute approximate surface area is 104 Å². The molecule has 18 heavy (non-hydrogen) atoms. The lowest BCUT2D eigenvalue weighted by molar-refractivity contribution is -0.117. The van der Waals surface area contributed by atoms with Gasteiger partial charge in [-0.3, -0.25) is 4.79 Å². The number of phenolic OH excluding ortho intramolecular Hbond substituents is 1. The summed E-state index contributed by atoms with van der Waals surface area (Å²) in [6.07, 6.45) is 0.147. The Balaban J connectivity index is 2.72. The Bertz CT molecular complexity index is 444. The molecule has 0 aromatic heterocycles. The highest BCUT2D eigenvalue weighted by molar-refractivity contribution is 6.00. The summed E-state index contributed by atoms with van der Waals surface area (Å²) in [5.74, 6) is -1.72. The van der Waals surface area contributed by atoms with Gasteiger partial charge < -0.3 is 20.3 Å². The van der Waals surface area contributed by atoms with E-state index in [0.29, 0.717) is 6.61 Å². The van der Waals surface area contributed by atoms with Gasteiger partial charge in [0.15, 0.2) is 0 Å². The number of carbonyl (C=O) groups excluding carboxylic acids is 1. The largest absolute Gasteiger partial charge is 0.508 e. The lowest BCUT2D eigenvalue weighted by Crippen LogP contribution is -2.16. The number of aromatic hydroxyl groups is 1. The fourth-order valence-corrected chi connectivity index (χ4v) is 1.34. The first-order valence-corrected chi connectivity index (χ1v) is 5.48. The van der Waals surface area contributed by atoms with Gasteiger partial charge in [-0.15, -0.1) is 0 Å². The molecule has 3 N–H and O–H groups in total. The monoisotopic (exact) mass is 253 g/mol. The van der Waals surface area contributed by atoms with E-state index in [1.54, 1.807) is 0 Å². The Morgan fingerprint density at radius 3 is 2.72 bits per heavy atom. The van der Waals surface area contributed by atoms with E-state index in [-0.39, 0.29) is 35.9 Å². The lowest BCUT2D eigenvalue weighted by atomic mass is 10.1. The van der Waals surface area contributed by atoms with Gasteiger partial charge >= 0.3 is 5.97 Å². The summed E-state index contributed by atoms with van der Waals surface area (Å²) >= 11 is 0. The second-order valence-corrected chi connectivity index (χ2v) is 3.53. The minimum atomic E-state index is -1.22. The van der Waals surface area contributed by atoms with Crippen molar-refractivity contribution in [2.75, 3.05) is 18.5 Å². The van der Waals surface area contributed by atoms with Crippen LogP contribution in [0.4, 0.5) is 5.69 Å². The summed E-state index contributed by atoms with van der Waals surface area (Å²) in [5.41, 5.74) is 0.00144. The number of carboxylic acids is 1. The van der Waals surface area contributed by atoms with Gasteiger partial charge in [0, 0.05) is 6.61 Å². The molecule has 1 aromatic carbocycles. The van der Waals surface area contributed by atoms with Crippen molar-refractivity contribution in [3.63, 3.8) is 0 Å². The third-order valence-electron chi connectivity index (χ3n) is 2.19. The first-order valence-electron chi connectivity index (χ1n) is 5.48. The third-order valence-corrected chi connectivity index (χ3v) is 2.19. The van der Waals surface area contributed by atoms with Gasteiger partial charge in [0.25, 0.3) is 0 Å². The number of phenols is 1. The van der Waals surface area contributed by atoms with Crippen molar-refractivity contribution < 1.29 is 24.5 Å². The molecule has 0 radical (unpaired) electrons. The molecule has 0 saturated heterocycles. The van der Waals surface area contributed by atoms with E-state index in [9.17, 15) is 14.7 Å². The summed E-state index contributed by atoms with van der Waals surface area (Å²) in [7, 11) is 0. The number of carboxylic acid groups (broad SMARTS) is 1. The van der Waals surface area contributed by atoms with Crippen molar-refractivity contribution in [1.29, 1.82) is 0 Å². The molecule has 0 unspecified atom stereocenters. The number of amides is 1. The van der Waals surface area contributed by atoms with Crippen LogP contribution in [0, 0.1) is 0 Å². The Hall–Kier alpha value is -2.08. The lowest BCUT2D eigenvalue weighted by Gasteiger charge is -2.08. The van der Waals surface area contributed by atoms with Crippen molar-refractivity contribution >= 4 is 17.6 Å². The summed E-state index contributed by atoms with van der Waals surface area (Å²) in [6, 6.07) is 3.74. The molecule has 0 fully saturated rings. The van der Waals surface area contributed by atoms with Crippen LogP contribution in [0.1, 0.15) is 23.7 Å². The molecule has 0 aliphatic carbocycles. The highest BCUT2D eigenvalue weighted by Gasteiger charge is 2.13. The number of aromatic carboxylic acids is 1. The number of carbonyl (C=O) groups is 2. The molecule has 1 amide bonds. The summed E-state index contributed by atoms with van der Waals surface area (Å²) < 4.78 is 5.02. The third kappa shape index (κ3) is 4.06. The zero-order valence-electron chi connectivity index (χ0n) is 9.97. The number of rotatable bonds is 6. The predicted octanol–water partition coefficient (Wildman–Crippen LogP) is 1.46. The van der Waals surface area contributed by atoms with Crippen LogP contribution in [-0.4, -0.2) is 35.3 Å². The minimum absolute atomic E-state index is 0.147. The molecular formula is C12H15NO5. The molecule has 0 atom stereocenters. The molecule has 0 spiro atoms. The van der Waals surface area contributed by atoms with Gasteiger partial charge in [-0.2, -0.15) is 0 Å². The van der Waals surface area contributed by atoms with Crippen LogP contribution in [0.15, 0.2) is 18.2 Å². The van der Waals surface area contributed by atoms with E-state index < -0.39 is 5.97 Å². The van der Waals surface area contributed by atoms with Gasteiger partial charge in [-0.25, -0.2) is 4.79 Å². The van der Waals surface area contributed by atoms with Crippen LogP contribution >= 0.6 is 0 Å². The predicted molar refractivity (Wildman–Crippen MR) is 64.8 cm³/mol. The maximum atomic E-state index is 11.5. The quantitative estimate of drug-likeness (QED) is 0.527. The highest BCUT2D eigenvalue weighted by Crippen LogP contribution is 2.21. The number of hydrogen-bond acceptors (Lipinski definition) is 4. The molecule has 0 heterocycles. The van der Waals surface area contributed by atoms with Crippen molar-refractivity contribution in [2.45, 2.75) is 13.3 Å². The van der Waals surface area contributed by atoms with Crippen molar-refractivity contribution in [2.24, 2.45) is 0 Å². The normalized spacial score (nSPS) is 10.1. The molecule has 6 nitrogen and oxygen atoms in total. The molecule has 1 rings (SSSR count). The molecule has 0 bridgehead atoms. The van der Waals surface area contributed by atoms with Gasteiger partial charge in [0.2, 0.25) is 5.91 Å². The zero-order valence-corrected chi connectivity index (χ0v) is 9.97. The van der Waals surface area contributed by atoms with E-state index in [4.69, 9.17) is 9.84 Å². The van der Waals surface area contributed by atoms with Crippen molar-refractivity contribution in [3.05, 3.63) is 23.8 Å². The van der Waals surface area contributed by atoms with Crippen LogP contribution in [-0.2, 0) is 9.53 Å². The van der Waals surface area contributed by atoms with Gasteiger partial charge in [0.05, 0.1) is 24.3 Å². The average molecular weight is 253 g/mol. The number of ether oxygens (including phenoxy) is 1. The maximum Gasteiger partial charge on any atom is 0.337 e. The highest BCUT2D eigenvalue weighted by atomic mass is 16.5. The van der Waals surface area contributed by atoms with Gasteiger partial charge in [0.1, 0.15) is 5.75 Å². The molecule has 0 saturated carbocycles. The Morgan fingerprint density at radius 1 is 1.39 bits per heavy atom. The van der Waals surface area contributed by atoms with E-state index >= 15 is 0 Å². The number of hydrogen-bond donors (Lipinski definition) is 3. The molecular weight excluding hydrogens is 238 g/mol. The average Bonchev–Trinajstić information content (AvgIpc) is 2.31. The fourth-order valence-electron chi connectivity index (χ4n) is 1.34. The van der Waals surface area contributed by atoms with Gasteiger partial charge in [-0.05, 0) is 25.1 Å². The van der Waals surface area contributed by atoms with Crippen LogP contribution in [0.2, 0.25) is 0 Å². The summed E-state index contributed by atoms with van der Waals surface area (Å²) in [4.78, 5) is 22.4. The molecule has 98 valence electrons. The molecule has 0 aliphatic heterocycles. The smallest absolute Gasteiger partial charge is 0.337 e. The first kappa shape index (κ1) is 14.0.